The molecule has 1 aliphatic heterocycles. The zero-order valence-electron chi connectivity index (χ0n) is 16.4. The number of hydrogen-bond acceptors (Lipinski definition) is 3. The summed E-state index contributed by atoms with van der Waals surface area (Å²) in [4.78, 5) is 30.2. The largest absolute Gasteiger partial charge is 0.334 e. The van der Waals surface area contributed by atoms with Crippen molar-refractivity contribution in [2.75, 3.05) is 6.54 Å². The van der Waals surface area contributed by atoms with E-state index in [-0.39, 0.29) is 11.6 Å². The number of imidazole rings is 1. The zero-order valence-corrected chi connectivity index (χ0v) is 16.4. The monoisotopic (exact) mass is 399 g/mol. The van der Waals surface area contributed by atoms with Crippen LogP contribution in [0.2, 0.25) is 0 Å². The van der Waals surface area contributed by atoms with Crippen LogP contribution in [0.1, 0.15) is 40.5 Å². The number of para-hydroxylation sites is 1. The van der Waals surface area contributed by atoms with Crippen LogP contribution >= 0.6 is 0 Å². The Morgan fingerprint density at radius 2 is 1.93 bits per heavy atom. The van der Waals surface area contributed by atoms with Crippen molar-refractivity contribution in [1.82, 2.24) is 24.2 Å². The summed E-state index contributed by atoms with van der Waals surface area (Å²) in [5.41, 5.74) is 5.39. The molecule has 0 bridgehead atoms. The van der Waals surface area contributed by atoms with Gasteiger partial charge in [0.25, 0.3) is 5.91 Å². The lowest BCUT2D eigenvalue weighted by Crippen LogP contribution is -2.36. The first-order valence-electron chi connectivity index (χ1n) is 10.3. The fraction of sp³-hybridized carbons (Fsp3) is 0.261. The Hall–Kier alpha value is -3.61. The van der Waals surface area contributed by atoms with Gasteiger partial charge in [0, 0.05) is 36.7 Å². The van der Waals surface area contributed by atoms with E-state index in [1.807, 2.05) is 62.8 Å². The molecule has 2 aromatic carbocycles. The molecular formula is C23H21N5O2. The minimum Gasteiger partial charge on any atom is -0.334 e. The van der Waals surface area contributed by atoms with Crippen molar-refractivity contribution in [1.29, 1.82) is 0 Å². The van der Waals surface area contributed by atoms with Crippen LogP contribution in [0.3, 0.4) is 0 Å². The number of aromatic amines is 1. The van der Waals surface area contributed by atoms with E-state index in [9.17, 15) is 9.59 Å². The predicted molar refractivity (Wildman–Crippen MR) is 113 cm³/mol. The summed E-state index contributed by atoms with van der Waals surface area (Å²) in [5.74, 6) is -0.0185. The molecule has 2 aromatic heterocycles. The van der Waals surface area contributed by atoms with Crippen molar-refractivity contribution < 1.29 is 4.79 Å². The molecule has 1 fully saturated rings. The molecule has 0 spiro atoms. The first kappa shape index (κ1) is 17.3. The minimum absolute atomic E-state index is 0.0185. The first-order chi connectivity index (χ1) is 14.7. The number of hydrogen-bond donors (Lipinski definition) is 1. The van der Waals surface area contributed by atoms with Gasteiger partial charge in [-0.15, -0.1) is 0 Å². The average molecular weight is 399 g/mol. The van der Waals surface area contributed by atoms with Crippen molar-refractivity contribution in [3.05, 3.63) is 82.0 Å². The number of amides is 1. The lowest BCUT2D eigenvalue weighted by Gasteiger charge is -2.27. The van der Waals surface area contributed by atoms with Crippen molar-refractivity contribution in [3.8, 4) is 5.69 Å². The summed E-state index contributed by atoms with van der Waals surface area (Å²) in [6, 6.07) is 15.9. The van der Waals surface area contributed by atoms with Gasteiger partial charge in [-0.3, -0.25) is 9.36 Å². The Morgan fingerprint density at radius 3 is 2.73 bits per heavy atom. The zero-order chi connectivity index (χ0) is 20.2. The molecule has 1 N–H and O–H groups in total. The third-order valence-electron chi connectivity index (χ3n) is 6.10. The van der Waals surface area contributed by atoms with Gasteiger partial charge in [0.05, 0.1) is 28.6 Å². The molecule has 1 aliphatic carbocycles. The molecule has 30 heavy (non-hydrogen) atoms. The molecule has 1 amide bonds. The van der Waals surface area contributed by atoms with Crippen molar-refractivity contribution in [3.63, 3.8) is 0 Å². The average Bonchev–Trinajstić information content (AvgIpc) is 3.43. The SMILES string of the molecule is O=C(c1ccc2c(c1)[nH]c(=O)n2C1CC1)N1CCc2c(cnn2-c2ccccc2)C1. The number of rotatable bonds is 3. The molecule has 1 saturated carbocycles. The van der Waals surface area contributed by atoms with E-state index in [1.54, 1.807) is 6.07 Å². The minimum atomic E-state index is -0.0898. The highest BCUT2D eigenvalue weighted by Gasteiger charge is 2.28. The molecule has 7 heteroatoms. The lowest BCUT2D eigenvalue weighted by molar-refractivity contribution is 0.0734. The van der Waals surface area contributed by atoms with Gasteiger partial charge in [0.1, 0.15) is 0 Å². The Labute approximate surface area is 172 Å². The highest BCUT2D eigenvalue weighted by molar-refractivity contribution is 5.97. The van der Waals surface area contributed by atoms with E-state index in [0.717, 1.165) is 47.2 Å². The lowest BCUT2D eigenvalue weighted by atomic mass is 10.1. The Bertz CT molecular complexity index is 1330. The number of benzene rings is 2. The summed E-state index contributed by atoms with van der Waals surface area (Å²) in [7, 11) is 0. The van der Waals surface area contributed by atoms with E-state index in [4.69, 9.17) is 0 Å². The van der Waals surface area contributed by atoms with E-state index in [2.05, 4.69) is 10.1 Å². The van der Waals surface area contributed by atoms with Crippen LogP contribution in [-0.2, 0) is 13.0 Å². The molecule has 0 atom stereocenters. The van der Waals surface area contributed by atoms with Crippen LogP contribution in [0.5, 0.6) is 0 Å². The molecule has 6 rings (SSSR count). The van der Waals surface area contributed by atoms with Crippen molar-refractivity contribution >= 4 is 16.9 Å². The first-order valence-corrected chi connectivity index (χ1v) is 10.3. The Balaban J connectivity index is 1.28. The van der Waals surface area contributed by atoms with Gasteiger partial charge in [-0.1, -0.05) is 18.2 Å². The molecular weight excluding hydrogens is 378 g/mol. The normalized spacial score (nSPS) is 16.1. The van der Waals surface area contributed by atoms with Gasteiger partial charge in [0.15, 0.2) is 0 Å². The quantitative estimate of drug-likeness (QED) is 0.575. The molecule has 0 unspecified atom stereocenters. The molecule has 150 valence electrons. The van der Waals surface area contributed by atoms with Gasteiger partial charge in [-0.05, 0) is 43.2 Å². The third kappa shape index (κ3) is 2.69. The molecule has 0 saturated heterocycles. The number of carbonyl (C=O) groups excluding carboxylic acids is 1. The van der Waals surface area contributed by atoms with E-state index >= 15 is 0 Å². The summed E-state index contributed by atoms with van der Waals surface area (Å²) >= 11 is 0. The van der Waals surface area contributed by atoms with E-state index < -0.39 is 0 Å². The standard InChI is InChI=1S/C23H21N5O2/c29-22(15-6-9-21-19(12-15)25-23(30)27(21)17-7-8-17)26-11-10-20-16(14-26)13-24-28(20)18-4-2-1-3-5-18/h1-6,9,12-13,17H,7-8,10-11,14H2,(H,25,30). The van der Waals surface area contributed by atoms with Crippen molar-refractivity contribution in [2.45, 2.75) is 31.8 Å². The number of nitrogens with zero attached hydrogens (tertiary/aromatic N) is 4. The van der Waals surface area contributed by atoms with Gasteiger partial charge < -0.3 is 9.88 Å². The van der Waals surface area contributed by atoms with Crippen LogP contribution in [0.4, 0.5) is 0 Å². The number of aromatic nitrogens is 4. The molecule has 7 nitrogen and oxygen atoms in total. The smallest absolute Gasteiger partial charge is 0.326 e. The van der Waals surface area contributed by atoms with Crippen LogP contribution in [0, 0.1) is 0 Å². The molecule has 0 radical (unpaired) electrons. The molecule has 3 heterocycles. The van der Waals surface area contributed by atoms with Gasteiger partial charge in [0.2, 0.25) is 0 Å². The Kier molecular flexibility index (Phi) is 3.71. The maximum Gasteiger partial charge on any atom is 0.326 e. The number of fused-ring (bicyclic) bond motifs is 2. The van der Waals surface area contributed by atoms with Crippen LogP contribution < -0.4 is 5.69 Å². The second-order valence-corrected chi connectivity index (χ2v) is 8.10. The summed E-state index contributed by atoms with van der Waals surface area (Å²) in [5, 5.41) is 4.55. The molecule has 4 aromatic rings. The second-order valence-electron chi connectivity index (χ2n) is 8.10. The van der Waals surface area contributed by atoms with Gasteiger partial charge in [-0.2, -0.15) is 5.10 Å². The number of nitrogens with one attached hydrogen (secondary N) is 1. The van der Waals surface area contributed by atoms with Crippen molar-refractivity contribution in [2.24, 2.45) is 0 Å². The Morgan fingerprint density at radius 1 is 1.10 bits per heavy atom. The second kappa shape index (κ2) is 6.45. The number of H-pyrrole nitrogens is 1. The highest BCUT2D eigenvalue weighted by Crippen LogP contribution is 2.35. The maximum atomic E-state index is 13.2. The van der Waals surface area contributed by atoms with Gasteiger partial charge in [-0.25, -0.2) is 9.48 Å². The fourth-order valence-corrected chi connectivity index (χ4v) is 4.44. The van der Waals surface area contributed by atoms with E-state index in [1.165, 1.54) is 0 Å². The summed E-state index contributed by atoms with van der Waals surface area (Å²) < 4.78 is 3.78. The maximum absolute atomic E-state index is 13.2. The van der Waals surface area contributed by atoms with Gasteiger partial charge >= 0.3 is 5.69 Å². The summed E-state index contributed by atoms with van der Waals surface area (Å²) in [6.07, 6.45) is 4.70. The fourth-order valence-electron chi connectivity index (χ4n) is 4.44. The van der Waals surface area contributed by atoms with Crippen LogP contribution in [0.25, 0.3) is 16.7 Å². The van der Waals surface area contributed by atoms with Crippen LogP contribution in [-0.4, -0.2) is 36.7 Å². The third-order valence-corrected chi connectivity index (χ3v) is 6.10. The predicted octanol–water partition coefficient (Wildman–Crippen LogP) is 3.05. The topological polar surface area (TPSA) is 75.9 Å². The van der Waals surface area contributed by atoms with Crippen LogP contribution in [0.15, 0.2) is 59.5 Å². The summed E-state index contributed by atoms with van der Waals surface area (Å²) in [6.45, 7) is 1.18. The number of carbonyl (C=O) groups is 1. The molecule has 2 aliphatic rings. The van der Waals surface area contributed by atoms with E-state index in [0.29, 0.717) is 24.7 Å². The highest BCUT2D eigenvalue weighted by atomic mass is 16.2.